The van der Waals surface area contributed by atoms with Crippen LogP contribution >= 0.6 is 0 Å². The van der Waals surface area contributed by atoms with Crippen molar-refractivity contribution in [1.82, 2.24) is 5.32 Å². The first kappa shape index (κ1) is 26.7. The highest BCUT2D eigenvalue weighted by Crippen LogP contribution is 2.19. The Morgan fingerprint density at radius 3 is 2.03 bits per heavy atom. The van der Waals surface area contributed by atoms with Crippen molar-refractivity contribution in [2.24, 2.45) is 0 Å². The monoisotopic (exact) mass is 509 g/mol. The van der Waals surface area contributed by atoms with Crippen LogP contribution in [0.3, 0.4) is 0 Å². The Bertz CT molecular complexity index is 1280. The van der Waals surface area contributed by atoms with Crippen molar-refractivity contribution in [3.63, 3.8) is 0 Å². The first-order valence-corrected chi connectivity index (χ1v) is 12.9. The Labute approximate surface area is 212 Å². The van der Waals surface area contributed by atoms with Crippen molar-refractivity contribution in [3.8, 4) is 0 Å². The first-order valence-electron chi connectivity index (χ1n) is 11.5. The van der Waals surface area contributed by atoms with E-state index in [1.54, 1.807) is 45.0 Å². The fourth-order valence-corrected chi connectivity index (χ4v) is 4.35. The summed E-state index contributed by atoms with van der Waals surface area (Å²) in [5.41, 5.74) is 1.90. The van der Waals surface area contributed by atoms with Crippen LogP contribution in [0.4, 0.5) is 16.2 Å². The van der Waals surface area contributed by atoms with Gasteiger partial charge >= 0.3 is 12.0 Å². The maximum Gasteiger partial charge on any atom is 0.329 e. The minimum absolute atomic E-state index is 0.154. The van der Waals surface area contributed by atoms with Gasteiger partial charge in [0.05, 0.1) is 4.90 Å². The van der Waals surface area contributed by atoms with Gasteiger partial charge in [0.25, 0.3) is 10.0 Å². The van der Waals surface area contributed by atoms with Crippen molar-refractivity contribution in [3.05, 3.63) is 90.0 Å². The zero-order valence-corrected chi connectivity index (χ0v) is 21.6. The SMILES string of the molecule is Cc1ccc(S(=O)(=O)Nc2ccc(NC(=O)N[C@H](Cc3ccccc3)C(=O)OC(C)(C)C)cc2)cc1. The van der Waals surface area contributed by atoms with Crippen LogP contribution in [0.5, 0.6) is 0 Å². The highest BCUT2D eigenvalue weighted by Gasteiger charge is 2.27. The molecule has 0 aliphatic carbocycles. The third-order valence-electron chi connectivity index (χ3n) is 5.01. The number of hydrogen-bond acceptors (Lipinski definition) is 5. The number of anilines is 2. The van der Waals surface area contributed by atoms with Gasteiger partial charge in [-0.15, -0.1) is 0 Å². The van der Waals surface area contributed by atoms with Gasteiger partial charge in [0.2, 0.25) is 0 Å². The molecule has 1 atom stereocenters. The standard InChI is InChI=1S/C27H31N3O5S/c1-19-10-16-23(17-11-19)36(33,34)30-22-14-12-21(13-15-22)28-26(32)29-24(25(31)35-27(2,3)4)18-20-8-6-5-7-9-20/h5-17,24,30H,18H2,1-4H3,(H2,28,29,32)/t24-/m1/s1. The Balaban J connectivity index is 1.65. The molecule has 0 bridgehead atoms. The fourth-order valence-electron chi connectivity index (χ4n) is 3.29. The van der Waals surface area contributed by atoms with Crippen LogP contribution < -0.4 is 15.4 Å². The van der Waals surface area contributed by atoms with Gasteiger partial charge in [-0.2, -0.15) is 0 Å². The van der Waals surface area contributed by atoms with Crippen molar-refractivity contribution >= 4 is 33.4 Å². The van der Waals surface area contributed by atoms with Crippen molar-refractivity contribution in [1.29, 1.82) is 0 Å². The van der Waals surface area contributed by atoms with Crippen LogP contribution in [0.1, 0.15) is 31.9 Å². The van der Waals surface area contributed by atoms with E-state index in [-0.39, 0.29) is 11.3 Å². The number of rotatable bonds is 8. The summed E-state index contributed by atoms with van der Waals surface area (Å²) in [4.78, 5) is 25.6. The smallest absolute Gasteiger partial charge is 0.329 e. The fraction of sp³-hybridized carbons (Fsp3) is 0.259. The molecule has 0 spiro atoms. The maximum absolute atomic E-state index is 12.7. The Hall–Kier alpha value is -3.85. The quantitative estimate of drug-likeness (QED) is 0.375. The molecule has 3 aromatic rings. The molecule has 0 saturated heterocycles. The molecule has 0 aliphatic rings. The second-order valence-electron chi connectivity index (χ2n) is 9.37. The van der Waals surface area contributed by atoms with E-state index >= 15 is 0 Å². The molecule has 0 unspecified atom stereocenters. The number of hydrogen-bond donors (Lipinski definition) is 3. The zero-order chi connectivity index (χ0) is 26.3. The average Bonchev–Trinajstić information content (AvgIpc) is 2.79. The molecule has 0 heterocycles. The van der Waals surface area contributed by atoms with Gasteiger partial charge in [-0.3, -0.25) is 4.72 Å². The Morgan fingerprint density at radius 1 is 0.861 bits per heavy atom. The third-order valence-corrected chi connectivity index (χ3v) is 6.40. The summed E-state index contributed by atoms with van der Waals surface area (Å²) < 4.78 is 33.1. The van der Waals surface area contributed by atoms with E-state index in [0.717, 1.165) is 11.1 Å². The lowest BCUT2D eigenvalue weighted by atomic mass is 10.1. The summed E-state index contributed by atoms with van der Waals surface area (Å²) in [5.74, 6) is -0.539. The lowest BCUT2D eigenvalue weighted by Gasteiger charge is -2.24. The third kappa shape index (κ3) is 8.13. The minimum Gasteiger partial charge on any atom is -0.458 e. The van der Waals surface area contributed by atoms with E-state index < -0.39 is 33.7 Å². The topological polar surface area (TPSA) is 114 Å². The molecule has 190 valence electrons. The van der Waals surface area contributed by atoms with Crippen LogP contribution in [0.25, 0.3) is 0 Å². The lowest BCUT2D eigenvalue weighted by Crippen LogP contribution is -2.47. The van der Waals surface area contributed by atoms with Crippen LogP contribution in [-0.2, 0) is 26.0 Å². The zero-order valence-electron chi connectivity index (χ0n) is 20.7. The number of carbonyl (C=O) groups excluding carboxylic acids is 2. The molecule has 3 N–H and O–H groups in total. The highest BCUT2D eigenvalue weighted by atomic mass is 32.2. The molecule has 2 amide bonds. The van der Waals surface area contributed by atoms with E-state index in [4.69, 9.17) is 4.74 Å². The van der Waals surface area contributed by atoms with Gasteiger partial charge in [0.15, 0.2) is 0 Å². The number of aryl methyl sites for hydroxylation is 1. The predicted octanol–water partition coefficient (Wildman–Crippen LogP) is 4.87. The van der Waals surface area contributed by atoms with Crippen LogP contribution in [0.15, 0.2) is 83.8 Å². The summed E-state index contributed by atoms with van der Waals surface area (Å²) in [6.45, 7) is 7.17. The summed E-state index contributed by atoms with van der Waals surface area (Å²) in [6, 6.07) is 20.6. The minimum atomic E-state index is -3.74. The second-order valence-corrected chi connectivity index (χ2v) is 11.1. The highest BCUT2D eigenvalue weighted by molar-refractivity contribution is 7.92. The van der Waals surface area contributed by atoms with Gasteiger partial charge < -0.3 is 15.4 Å². The summed E-state index contributed by atoms with van der Waals surface area (Å²) in [5, 5.41) is 5.35. The van der Waals surface area contributed by atoms with E-state index in [9.17, 15) is 18.0 Å². The molecule has 0 fully saturated rings. The van der Waals surface area contributed by atoms with Crippen molar-refractivity contribution in [2.45, 2.75) is 50.7 Å². The van der Waals surface area contributed by atoms with Crippen LogP contribution in [-0.4, -0.2) is 32.1 Å². The number of urea groups is 1. The van der Waals surface area contributed by atoms with E-state index in [1.165, 1.54) is 24.3 Å². The normalized spacial score (nSPS) is 12.3. The molecule has 0 aliphatic heterocycles. The summed E-state index contributed by atoms with van der Waals surface area (Å²) >= 11 is 0. The van der Waals surface area contributed by atoms with Crippen LogP contribution in [0, 0.1) is 6.92 Å². The second kappa shape index (κ2) is 11.3. The maximum atomic E-state index is 12.7. The lowest BCUT2D eigenvalue weighted by molar-refractivity contribution is -0.157. The molecule has 0 aromatic heterocycles. The van der Waals surface area contributed by atoms with E-state index in [2.05, 4.69) is 15.4 Å². The number of amides is 2. The van der Waals surface area contributed by atoms with E-state index in [0.29, 0.717) is 11.4 Å². The van der Waals surface area contributed by atoms with Gasteiger partial charge in [0.1, 0.15) is 11.6 Å². The molecule has 0 saturated carbocycles. The van der Waals surface area contributed by atoms with Crippen molar-refractivity contribution < 1.29 is 22.7 Å². The molecular weight excluding hydrogens is 478 g/mol. The molecule has 0 radical (unpaired) electrons. The number of carbonyl (C=O) groups is 2. The number of benzene rings is 3. The number of ether oxygens (including phenoxy) is 1. The number of sulfonamides is 1. The van der Waals surface area contributed by atoms with E-state index in [1.807, 2.05) is 37.3 Å². The van der Waals surface area contributed by atoms with Crippen LogP contribution in [0.2, 0.25) is 0 Å². The predicted molar refractivity (Wildman–Crippen MR) is 140 cm³/mol. The average molecular weight is 510 g/mol. The Kier molecular flexibility index (Phi) is 8.37. The molecule has 3 rings (SSSR count). The molecule has 3 aromatic carbocycles. The summed E-state index contributed by atoms with van der Waals surface area (Å²) in [6.07, 6.45) is 0.267. The van der Waals surface area contributed by atoms with Gasteiger partial charge in [-0.1, -0.05) is 48.0 Å². The molecular formula is C27H31N3O5S. The first-order chi connectivity index (χ1) is 16.9. The number of nitrogens with one attached hydrogen (secondary N) is 3. The summed E-state index contributed by atoms with van der Waals surface area (Å²) in [7, 11) is -3.74. The van der Waals surface area contributed by atoms with Gasteiger partial charge in [0, 0.05) is 17.8 Å². The Morgan fingerprint density at radius 2 is 1.44 bits per heavy atom. The van der Waals surface area contributed by atoms with Gasteiger partial charge in [-0.25, -0.2) is 18.0 Å². The van der Waals surface area contributed by atoms with Gasteiger partial charge in [-0.05, 0) is 69.7 Å². The molecule has 8 nitrogen and oxygen atoms in total. The number of esters is 1. The molecule has 36 heavy (non-hydrogen) atoms. The largest absolute Gasteiger partial charge is 0.458 e. The van der Waals surface area contributed by atoms with Crippen molar-refractivity contribution in [2.75, 3.05) is 10.0 Å². The molecule has 9 heteroatoms.